The summed E-state index contributed by atoms with van der Waals surface area (Å²) in [5.41, 5.74) is 0.202. The summed E-state index contributed by atoms with van der Waals surface area (Å²) in [4.78, 5) is 35.8. The molecule has 3 rings (SSSR count). The van der Waals surface area contributed by atoms with Gasteiger partial charge in [0.15, 0.2) is 0 Å². The molecule has 0 saturated carbocycles. The maximum atomic E-state index is 12.4. The van der Waals surface area contributed by atoms with Gasteiger partial charge in [-0.1, -0.05) is 12.1 Å². The van der Waals surface area contributed by atoms with E-state index in [1.165, 1.54) is 9.13 Å². The van der Waals surface area contributed by atoms with Crippen molar-refractivity contribution in [2.45, 2.75) is 24.9 Å². The molecule has 24 heavy (non-hydrogen) atoms. The molecule has 1 unspecified atom stereocenters. The molecule has 0 aliphatic carbocycles. The summed E-state index contributed by atoms with van der Waals surface area (Å²) in [5.74, 6) is -1.40. The highest BCUT2D eigenvalue weighted by molar-refractivity contribution is 5.82. The van der Waals surface area contributed by atoms with Crippen molar-refractivity contribution in [3.05, 3.63) is 34.7 Å². The van der Waals surface area contributed by atoms with E-state index in [0.717, 1.165) is 5.52 Å². The first-order valence-corrected chi connectivity index (χ1v) is 7.67. The van der Waals surface area contributed by atoms with Gasteiger partial charge < -0.3 is 15.2 Å². The SMILES string of the molecule is Cn1c(=O)n(CC(=O)NC2(CC(=O)O)CCOC2)c2ccccc21. The van der Waals surface area contributed by atoms with E-state index in [4.69, 9.17) is 9.84 Å². The quantitative estimate of drug-likeness (QED) is 0.807. The van der Waals surface area contributed by atoms with E-state index < -0.39 is 17.4 Å². The summed E-state index contributed by atoms with van der Waals surface area (Å²) < 4.78 is 8.12. The third-order valence-corrected chi connectivity index (χ3v) is 4.35. The second-order valence-corrected chi connectivity index (χ2v) is 6.12. The summed E-state index contributed by atoms with van der Waals surface area (Å²) in [6, 6.07) is 7.20. The predicted octanol–water partition coefficient (Wildman–Crippen LogP) is 0.0900. The van der Waals surface area contributed by atoms with Gasteiger partial charge in [-0.3, -0.25) is 18.7 Å². The van der Waals surface area contributed by atoms with Gasteiger partial charge in [-0.2, -0.15) is 0 Å². The second kappa shape index (κ2) is 6.12. The van der Waals surface area contributed by atoms with E-state index in [9.17, 15) is 14.4 Å². The molecule has 1 saturated heterocycles. The van der Waals surface area contributed by atoms with Gasteiger partial charge in [-0.15, -0.1) is 0 Å². The third kappa shape index (κ3) is 2.92. The van der Waals surface area contributed by atoms with Crippen LogP contribution in [0.5, 0.6) is 0 Å². The molecule has 1 aliphatic rings. The number of carbonyl (C=O) groups excluding carboxylic acids is 1. The number of nitrogens with one attached hydrogen (secondary N) is 1. The fourth-order valence-electron chi connectivity index (χ4n) is 3.17. The highest BCUT2D eigenvalue weighted by Gasteiger charge is 2.38. The Balaban J connectivity index is 1.84. The Morgan fingerprint density at radius 1 is 1.33 bits per heavy atom. The molecular formula is C16H19N3O5. The minimum Gasteiger partial charge on any atom is -0.481 e. The van der Waals surface area contributed by atoms with Crippen LogP contribution in [0, 0.1) is 0 Å². The molecule has 1 atom stereocenters. The zero-order valence-corrected chi connectivity index (χ0v) is 13.3. The van der Waals surface area contributed by atoms with Crippen molar-refractivity contribution in [3.8, 4) is 0 Å². The first kappa shape index (κ1) is 16.3. The number of rotatable bonds is 5. The molecule has 8 heteroatoms. The lowest BCUT2D eigenvalue weighted by Gasteiger charge is -2.27. The van der Waals surface area contributed by atoms with E-state index in [0.29, 0.717) is 18.5 Å². The van der Waals surface area contributed by atoms with E-state index in [1.807, 2.05) is 12.1 Å². The maximum absolute atomic E-state index is 12.4. The van der Waals surface area contributed by atoms with Crippen molar-refractivity contribution in [3.63, 3.8) is 0 Å². The minimum atomic E-state index is -0.997. The molecule has 2 N–H and O–H groups in total. The summed E-state index contributed by atoms with van der Waals surface area (Å²) in [7, 11) is 1.65. The number of carboxylic acids is 1. The number of benzene rings is 1. The Morgan fingerprint density at radius 3 is 2.67 bits per heavy atom. The Bertz CT molecular complexity index is 845. The summed E-state index contributed by atoms with van der Waals surface area (Å²) in [5, 5.41) is 11.8. The number of ether oxygens (including phenoxy) is 1. The first-order valence-electron chi connectivity index (χ1n) is 7.67. The Hall–Kier alpha value is -2.61. The van der Waals surface area contributed by atoms with Gasteiger partial charge in [0.25, 0.3) is 0 Å². The number of nitrogens with zero attached hydrogens (tertiary/aromatic N) is 2. The minimum absolute atomic E-state index is 0.162. The molecule has 1 aliphatic heterocycles. The number of amides is 1. The van der Waals surface area contributed by atoms with Crippen LogP contribution in [0.25, 0.3) is 11.0 Å². The van der Waals surface area contributed by atoms with E-state index in [1.54, 1.807) is 19.2 Å². The van der Waals surface area contributed by atoms with Crippen LogP contribution in [0.3, 0.4) is 0 Å². The van der Waals surface area contributed by atoms with Gasteiger partial charge in [0, 0.05) is 13.7 Å². The molecule has 8 nitrogen and oxygen atoms in total. The Labute approximate surface area is 137 Å². The standard InChI is InChI=1S/C16H19N3O5/c1-18-11-4-2-3-5-12(11)19(15(18)23)9-13(20)17-16(8-14(21)22)6-7-24-10-16/h2-5H,6-10H2,1H3,(H,17,20)(H,21,22). The third-order valence-electron chi connectivity index (χ3n) is 4.35. The van der Waals surface area contributed by atoms with Crippen molar-refractivity contribution in [1.82, 2.24) is 14.5 Å². The largest absolute Gasteiger partial charge is 0.481 e. The Kier molecular flexibility index (Phi) is 4.15. The predicted molar refractivity (Wildman–Crippen MR) is 85.7 cm³/mol. The van der Waals surface area contributed by atoms with Gasteiger partial charge in [-0.25, -0.2) is 4.79 Å². The van der Waals surface area contributed by atoms with Crippen LogP contribution < -0.4 is 11.0 Å². The lowest BCUT2D eigenvalue weighted by molar-refractivity contribution is -0.139. The number of imidazole rings is 1. The molecule has 1 aromatic carbocycles. The van der Waals surface area contributed by atoms with Crippen molar-refractivity contribution in [2.75, 3.05) is 13.2 Å². The summed E-state index contributed by atoms with van der Waals surface area (Å²) >= 11 is 0. The number of fused-ring (bicyclic) bond motifs is 1. The number of hydrogen-bond acceptors (Lipinski definition) is 4. The second-order valence-electron chi connectivity index (χ2n) is 6.12. The van der Waals surface area contributed by atoms with Crippen LogP contribution in [0.4, 0.5) is 0 Å². The van der Waals surface area contributed by atoms with Gasteiger partial charge >= 0.3 is 11.7 Å². The molecule has 128 valence electrons. The molecule has 1 amide bonds. The van der Waals surface area contributed by atoms with Gasteiger partial charge in [0.1, 0.15) is 6.54 Å². The van der Waals surface area contributed by atoms with Crippen LogP contribution in [-0.2, 0) is 27.9 Å². The fraction of sp³-hybridized carbons (Fsp3) is 0.438. The van der Waals surface area contributed by atoms with Gasteiger partial charge in [0.2, 0.25) is 5.91 Å². The summed E-state index contributed by atoms with van der Waals surface area (Å²) in [6.45, 7) is 0.402. The molecule has 1 aromatic heterocycles. The normalized spacial score (nSPS) is 20.4. The molecule has 0 radical (unpaired) electrons. The van der Waals surface area contributed by atoms with Crippen molar-refractivity contribution >= 4 is 22.9 Å². The first-order chi connectivity index (χ1) is 11.4. The van der Waals surface area contributed by atoms with Crippen LogP contribution in [0.15, 0.2) is 29.1 Å². The number of hydrogen-bond donors (Lipinski definition) is 2. The molecular weight excluding hydrogens is 314 g/mol. The average Bonchev–Trinajstić information content (AvgIpc) is 3.06. The molecule has 2 aromatic rings. The number of carbonyl (C=O) groups is 2. The summed E-state index contributed by atoms with van der Waals surface area (Å²) in [6.07, 6.45) is 0.235. The van der Waals surface area contributed by atoms with E-state index >= 15 is 0 Å². The molecule has 0 spiro atoms. The van der Waals surface area contributed by atoms with Crippen molar-refractivity contribution in [2.24, 2.45) is 7.05 Å². The monoisotopic (exact) mass is 333 g/mol. The van der Waals surface area contributed by atoms with Crippen LogP contribution in [-0.4, -0.2) is 44.9 Å². The lowest BCUT2D eigenvalue weighted by atomic mass is 9.94. The molecule has 0 bridgehead atoms. The van der Waals surface area contributed by atoms with Crippen molar-refractivity contribution in [1.29, 1.82) is 0 Å². The van der Waals surface area contributed by atoms with Crippen molar-refractivity contribution < 1.29 is 19.4 Å². The molecule has 1 fully saturated rings. The number of carboxylic acid groups (broad SMARTS) is 1. The molecule has 2 heterocycles. The van der Waals surface area contributed by atoms with Gasteiger partial charge in [0.05, 0.1) is 29.6 Å². The lowest BCUT2D eigenvalue weighted by Crippen LogP contribution is -2.51. The Morgan fingerprint density at radius 2 is 2.04 bits per heavy atom. The van der Waals surface area contributed by atoms with Crippen LogP contribution in [0.2, 0.25) is 0 Å². The number of aliphatic carboxylic acids is 1. The van der Waals surface area contributed by atoms with Crippen LogP contribution in [0.1, 0.15) is 12.8 Å². The van der Waals surface area contributed by atoms with Crippen LogP contribution >= 0.6 is 0 Å². The number of aryl methyl sites for hydroxylation is 1. The highest BCUT2D eigenvalue weighted by Crippen LogP contribution is 2.23. The maximum Gasteiger partial charge on any atom is 0.329 e. The topological polar surface area (TPSA) is 103 Å². The highest BCUT2D eigenvalue weighted by atomic mass is 16.5. The zero-order chi connectivity index (χ0) is 17.3. The number of aromatic nitrogens is 2. The fourth-order valence-corrected chi connectivity index (χ4v) is 3.17. The van der Waals surface area contributed by atoms with E-state index in [-0.39, 0.29) is 25.3 Å². The number of para-hydroxylation sites is 2. The van der Waals surface area contributed by atoms with Gasteiger partial charge in [-0.05, 0) is 18.6 Å². The zero-order valence-electron chi connectivity index (χ0n) is 13.3. The average molecular weight is 333 g/mol. The van der Waals surface area contributed by atoms with E-state index in [2.05, 4.69) is 5.32 Å². The smallest absolute Gasteiger partial charge is 0.329 e.